The molecule has 0 radical (unpaired) electrons. The number of fused-ring (bicyclic) bond motifs is 2. The number of nitrogens with one attached hydrogen (secondary N) is 1. The first-order valence-electron chi connectivity index (χ1n) is 10.7. The first-order valence-corrected chi connectivity index (χ1v) is 10.7. The number of ether oxygens (including phenoxy) is 1. The number of nitrogens with zero attached hydrogens (tertiary/aromatic N) is 4. The third-order valence-corrected chi connectivity index (χ3v) is 6.04. The first kappa shape index (κ1) is 21.2. The number of rotatable bonds is 5. The topological polar surface area (TPSA) is 98.2 Å². The minimum Gasteiger partial charge on any atom is -0.385 e. The highest BCUT2D eigenvalue weighted by molar-refractivity contribution is 6.00. The van der Waals surface area contributed by atoms with Crippen molar-refractivity contribution in [2.45, 2.75) is 19.9 Å². The fourth-order valence-corrected chi connectivity index (χ4v) is 4.14. The van der Waals surface area contributed by atoms with E-state index in [1.165, 1.54) is 9.30 Å². The van der Waals surface area contributed by atoms with Crippen molar-refractivity contribution in [3.8, 4) is 0 Å². The van der Waals surface area contributed by atoms with Gasteiger partial charge in [-0.3, -0.25) is 14.0 Å². The molecule has 1 amide bonds. The Morgan fingerprint density at radius 1 is 1.35 bits per heavy atom. The van der Waals surface area contributed by atoms with E-state index >= 15 is 0 Å². The van der Waals surface area contributed by atoms with E-state index in [9.17, 15) is 9.59 Å². The number of likely N-dealkylation sites (N-methyl/N-ethyl adjacent to an activating group) is 1. The number of aryl methyl sites for hydroxylation is 2. The molecule has 1 fully saturated rings. The molecule has 0 bridgehead atoms. The smallest absolute Gasteiger partial charge is 0.278 e. The number of pyridine rings is 2. The van der Waals surface area contributed by atoms with Gasteiger partial charge in [-0.1, -0.05) is 11.1 Å². The molecular formula is C22H30N6O3+2. The molecule has 0 spiro atoms. The van der Waals surface area contributed by atoms with E-state index in [1.54, 1.807) is 23.9 Å². The van der Waals surface area contributed by atoms with E-state index in [-0.39, 0.29) is 11.5 Å². The molecule has 3 N–H and O–H groups in total. The summed E-state index contributed by atoms with van der Waals surface area (Å²) in [5.41, 5.74) is 8.64. The number of nitrogen functional groups attached to an aromatic ring is 1. The molecule has 1 aliphatic rings. The molecule has 1 aliphatic heterocycles. The molecule has 3 aromatic rings. The Bertz CT molecular complexity index is 1200. The van der Waals surface area contributed by atoms with Crippen molar-refractivity contribution in [2.24, 2.45) is 0 Å². The zero-order valence-corrected chi connectivity index (χ0v) is 18.4. The van der Waals surface area contributed by atoms with Gasteiger partial charge in [-0.25, -0.2) is 4.57 Å². The number of aromatic nitrogens is 3. The number of quaternary nitrogens is 1. The lowest BCUT2D eigenvalue weighted by atomic mass is 10.1. The zero-order chi connectivity index (χ0) is 22.1. The first-order chi connectivity index (χ1) is 14.9. The van der Waals surface area contributed by atoms with Gasteiger partial charge in [0.2, 0.25) is 11.5 Å². The van der Waals surface area contributed by atoms with Crippen molar-refractivity contribution in [3.05, 3.63) is 45.9 Å². The molecule has 164 valence electrons. The standard InChI is InChI=1S/C22H28N6O3/c1-15-6-4-7-28-19(15)24-20-17(22(28)30)14-16(18(23)27(20)8-5-13-31-3)21(29)26-11-9-25(2)10-12-26/h4,6-7,14,23H,5,8-13H2,1-3H3/p+2. The molecule has 3 aromatic heterocycles. The molecule has 9 nitrogen and oxygen atoms in total. The minimum atomic E-state index is -0.207. The summed E-state index contributed by atoms with van der Waals surface area (Å²) in [5.74, 6) is 0.200. The predicted molar refractivity (Wildman–Crippen MR) is 117 cm³/mol. The number of amides is 1. The third-order valence-electron chi connectivity index (χ3n) is 6.04. The lowest BCUT2D eigenvalue weighted by Gasteiger charge is -2.30. The largest absolute Gasteiger partial charge is 0.385 e. The maximum atomic E-state index is 13.4. The van der Waals surface area contributed by atoms with Crippen LogP contribution in [0.15, 0.2) is 29.2 Å². The van der Waals surface area contributed by atoms with E-state index in [1.807, 2.05) is 24.0 Å². The number of piperazine rings is 1. The van der Waals surface area contributed by atoms with Gasteiger partial charge in [0, 0.05) is 31.9 Å². The summed E-state index contributed by atoms with van der Waals surface area (Å²) in [6.07, 6.45) is 2.39. The number of anilines is 1. The van der Waals surface area contributed by atoms with E-state index in [0.29, 0.717) is 60.7 Å². The van der Waals surface area contributed by atoms with Gasteiger partial charge < -0.3 is 20.3 Å². The monoisotopic (exact) mass is 426 g/mol. The number of hydrogen-bond donors (Lipinski definition) is 2. The van der Waals surface area contributed by atoms with Crippen molar-refractivity contribution >= 4 is 28.4 Å². The molecule has 31 heavy (non-hydrogen) atoms. The summed E-state index contributed by atoms with van der Waals surface area (Å²) < 4.78 is 8.51. The van der Waals surface area contributed by atoms with Crippen molar-refractivity contribution in [3.63, 3.8) is 0 Å². The van der Waals surface area contributed by atoms with E-state index in [2.05, 4.69) is 7.05 Å². The van der Waals surface area contributed by atoms with Crippen LogP contribution in [-0.2, 0) is 11.3 Å². The highest BCUT2D eigenvalue weighted by atomic mass is 16.5. The fraction of sp³-hybridized carbons (Fsp3) is 0.455. The van der Waals surface area contributed by atoms with Gasteiger partial charge in [-0.2, -0.15) is 0 Å². The normalized spacial score (nSPS) is 15.1. The Kier molecular flexibility index (Phi) is 5.88. The Labute approximate surface area is 180 Å². The number of methoxy groups -OCH3 is 1. The predicted octanol–water partition coefficient (Wildman–Crippen LogP) is -0.967. The van der Waals surface area contributed by atoms with Crippen molar-refractivity contribution < 1.29 is 19.0 Å². The van der Waals surface area contributed by atoms with E-state index in [0.717, 1.165) is 18.7 Å². The summed E-state index contributed by atoms with van der Waals surface area (Å²) in [6.45, 7) is 6.07. The molecule has 0 atom stereocenters. The SMILES string of the molecule is COCCC[n+]1c(N)c(C(=O)N2CC[NH+](C)CC2)cc2c(=O)n3cccc(C)c3nc21. The van der Waals surface area contributed by atoms with Crippen LogP contribution in [0.1, 0.15) is 22.3 Å². The second-order valence-electron chi connectivity index (χ2n) is 8.23. The Balaban J connectivity index is 1.92. The van der Waals surface area contributed by atoms with Crippen LogP contribution >= 0.6 is 0 Å². The van der Waals surface area contributed by atoms with Gasteiger partial charge in [-0.05, 0) is 19.1 Å². The second-order valence-corrected chi connectivity index (χ2v) is 8.23. The summed E-state index contributed by atoms with van der Waals surface area (Å²) in [4.78, 5) is 34.7. The average molecular weight is 427 g/mol. The summed E-state index contributed by atoms with van der Waals surface area (Å²) in [6, 6.07) is 5.36. The van der Waals surface area contributed by atoms with Crippen molar-refractivity contribution in [1.82, 2.24) is 14.3 Å². The molecule has 4 rings (SSSR count). The average Bonchev–Trinajstić information content (AvgIpc) is 2.76. The molecular weight excluding hydrogens is 396 g/mol. The number of carbonyl (C=O) groups is 1. The van der Waals surface area contributed by atoms with Crippen molar-refractivity contribution in [2.75, 3.05) is 52.7 Å². The molecule has 1 saturated heterocycles. The van der Waals surface area contributed by atoms with Crippen LogP contribution in [0.25, 0.3) is 16.7 Å². The van der Waals surface area contributed by atoms with Crippen LogP contribution in [-0.4, -0.2) is 67.1 Å². The summed E-state index contributed by atoms with van der Waals surface area (Å²) in [7, 11) is 3.76. The van der Waals surface area contributed by atoms with Crippen LogP contribution < -0.4 is 20.8 Å². The number of nitrogens with two attached hydrogens (primary N) is 1. The minimum absolute atomic E-state index is 0.138. The Morgan fingerprint density at radius 3 is 2.81 bits per heavy atom. The lowest BCUT2D eigenvalue weighted by Crippen LogP contribution is -3.12. The van der Waals surface area contributed by atoms with Gasteiger partial charge in [-0.15, -0.1) is 0 Å². The molecule has 0 aromatic carbocycles. The number of carbonyl (C=O) groups excluding carboxylic acids is 1. The van der Waals surface area contributed by atoms with Gasteiger partial charge >= 0.3 is 0 Å². The maximum Gasteiger partial charge on any atom is 0.278 e. The molecule has 0 unspecified atom stereocenters. The quantitative estimate of drug-likeness (QED) is 0.311. The summed E-state index contributed by atoms with van der Waals surface area (Å²) in [5, 5.41) is 0.387. The van der Waals surface area contributed by atoms with Crippen LogP contribution in [0.5, 0.6) is 0 Å². The molecule has 0 aliphatic carbocycles. The summed E-state index contributed by atoms with van der Waals surface area (Å²) >= 11 is 0. The van der Waals surface area contributed by atoms with Gasteiger partial charge in [0.1, 0.15) is 10.9 Å². The Morgan fingerprint density at radius 2 is 2.10 bits per heavy atom. The van der Waals surface area contributed by atoms with E-state index in [4.69, 9.17) is 15.5 Å². The zero-order valence-electron chi connectivity index (χ0n) is 18.4. The van der Waals surface area contributed by atoms with E-state index < -0.39 is 0 Å². The van der Waals surface area contributed by atoms with Gasteiger partial charge in [0.25, 0.3) is 17.1 Å². The molecule has 9 heteroatoms. The second kappa shape index (κ2) is 8.60. The molecule has 4 heterocycles. The highest BCUT2D eigenvalue weighted by Crippen LogP contribution is 2.18. The number of hydrogen-bond acceptors (Lipinski definition) is 5. The van der Waals surface area contributed by atoms with Gasteiger partial charge in [0.05, 0.1) is 39.8 Å². The fourth-order valence-electron chi connectivity index (χ4n) is 4.14. The molecule has 0 saturated carbocycles. The maximum absolute atomic E-state index is 13.4. The van der Waals surface area contributed by atoms with Gasteiger partial charge in [0.15, 0.2) is 0 Å². The van der Waals surface area contributed by atoms with Crippen LogP contribution in [0.3, 0.4) is 0 Å². The third kappa shape index (κ3) is 3.86. The lowest BCUT2D eigenvalue weighted by molar-refractivity contribution is -0.883. The van der Waals surface area contributed by atoms with Crippen LogP contribution in [0, 0.1) is 6.92 Å². The highest BCUT2D eigenvalue weighted by Gasteiger charge is 2.29. The van der Waals surface area contributed by atoms with Crippen molar-refractivity contribution in [1.29, 1.82) is 0 Å². The van der Waals surface area contributed by atoms with Crippen LogP contribution in [0.2, 0.25) is 0 Å². The van der Waals surface area contributed by atoms with Crippen LogP contribution in [0.4, 0.5) is 5.82 Å². The Hall–Kier alpha value is -3.04.